The van der Waals surface area contributed by atoms with E-state index in [1.807, 2.05) is 31.0 Å². The number of nitrogens with zero attached hydrogens (tertiary/aromatic N) is 2. The zero-order valence-electron chi connectivity index (χ0n) is 12.3. The van der Waals surface area contributed by atoms with Gasteiger partial charge in [-0.05, 0) is 13.1 Å². The Balaban J connectivity index is 2.06. The van der Waals surface area contributed by atoms with E-state index in [9.17, 15) is 8.42 Å². The number of hydrogen-bond donors (Lipinski definition) is 2. The highest BCUT2D eigenvalue weighted by molar-refractivity contribution is 7.89. The third-order valence-corrected chi connectivity index (χ3v) is 5.60. The first-order chi connectivity index (χ1) is 9.94. The van der Waals surface area contributed by atoms with Gasteiger partial charge in [0.15, 0.2) is 0 Å². The van der Waals surface area contributed by atoms with Crippen molar-refractivity contribution in [3.63, 3.8) is 0 Å². The minimum Gasteiger partial charge on any atom is -0.352 e. The molecule has 2 heterocycles. The summed E-state index contributed by atoms with van der Waals surface area (Å²) in [7, 11) is 0.178. The lowest BCUT2D eigenvalue weighted by Gasteiger charge is -2.09. The quantitative estimate of drug-likeness (QED) is 0.803. The summed E-state index contributed by atoms with van der Waals surface area (Å²) in [4.78, 5) is 4.50. The molecule has 0 bridgehead atoms. The SMILES string of the molecule is CNCc1cc(S(=O)(=O)NCC(C)c2nccs2)cn1C. The zero-order valence-corrected chi connectivity index (χ0v) is 14.0. The number of rotatable bonds is 7. The van der Waals surface area contributed by atoms with Gasteiger partial charge in [0.25, 0.3) is 0 Å². The van der Waals surface area contributed by atoms with Gasteiger partial charge in [0.05, 0.1) is 9.90 Å². The van der Waals surface area contributed by atoms with E-state index in [1.165, 1.54) is 11.3 Å². The van der Waals surface area contributed by atoms with Crippen molar-refractivity contribution in [1.82, 2.24) is 19.6 Å². The van der Waals surface area contributed by atoms with Gasteiger partial charge in [-0.3, -0.25) is 0 Å². The molecule has 116 valence electrons. The van der Waals surface area contributed by atoms with E-state index in [2.05, 4.69) is 15.0 Å². The van der Waals surface area contributed by atoms with Crippen molar-refractivity contribution in [3.8, 4) is 0 Å². The first-order valence-corrected chi connectivity index (χ1v) is 8.99. The van der Waals surface area contributed by atoms with Crippen LogP contribution < -0.4 is 10.0 Å². The van der Waals surface area contributed by atoms with E-state index in [4.69, 9.17) is 0 Å². The highest BCUT2D eigenvalue weighted by Gasteiger charge is 2.19. The molecular formula is C13H20N4O2S2. The van der Waals surface area contributed by atoms with Crippen molar-refractivity contribution < 1.29 is 8.42 Å². The fourth-order valence-electron chi connectivity index (χ4n) is 1.96. The van der Waals surface area contributed by atoms with Crippen LogP contribution in [-0.2, 0) is 23.6 Å². The van der Waals surface area contributed by atoms with Gasteiger partial charge < -0.3 is 9.88 Å². The summed E-state index contributed by atoms with van der Waals surface area (Å²) in [5.74, 6) is 0.0558. The van der Waals surface area contributed by atoms with E-state index < -0.39 is 10.0 Å². The summed E-state index contributed by atoms with van der Waals surface area (Å²) < 4.78 is 29.1. The molecule has 0 spiro atoms. The molecule has 0 aliphatic rings. The molecule has 2 rings (SSSR count). The second-order valence-corrected chi connectivity index (χ2v) is 7.62. The topological polar surface area (TPSA) is 76.0 Å². The second-order valence-electron chi connectivity index (χ2n) is 4.93. The molecule has 2 aromatic rings. The zero-order chi connectivity index (χ0) is 15.5. The molecule has 1 unspecified atom stereocenters. The Labute approximate surface area is 129 Å². The largest absolute Gasteiger partial charge is 0.352 e. The van der Waals surface area contributed by atoms with E-state index >= 15 is 0 Å². The number of sulfonamides is 1. The Morgan fingerprint density at radius 1 is 1.48 bits per heavy atom. The molecule has 0 aliphatic carbocycles. The van der Waals surface area contributed by atoms with Crippen LogP contribution in [0.25, 0.3) is 0 Å². The number of aromatic nitrogens is 2. The van der Waals surface area contributed by atoms with Gasteiger partial charge in [0, 0.05) is 49.5 Å². The number of nitrogens with one attached hydrogen (secondary N) is 2. The lowest BCUT2D eigenvalue weighted by Crippen LogP contribution is -2.27. The average molecular weight is 328 g/mol. The summed E-state index contributed by atoms with van der Waals surface area (Å²) in [5, 5.41) is 5.84. The minimum absolute atomic E-state index is 0.0558. The maximum Gasteiger partial charge on any atom is 0.242 e. The van der Waals surface area contributed by atoms with Gasteiger partial charge in [-0.15, -0.1) is 11.3 Å². The van der Waals surface area contributed by atoms with Crippen LogP contribution >= 0.6 is 11.3 Å². The highest BCUT2D eigenvalue weighted by Crippen LogP contribution is 2.18. The van der Waals surface area contributed by atoms with Crippen molar-refractivity contribution in [2.24, 2.45) is 7.05 Å². The normalized spacial score (nSPS) is 13.5. The third-order valence-electron chi connectivity index (χ3n) is 3.20. The molecule has 2 aromatic heterocycles. The molecule has 0 saturated heterocycles. The van der Waals surface area contributed by atoms with Crippen LogP contribution in [0.5, 0.6) is 0 Å². The fraction of sp³-hybridized carbons (Fsp3) is 0.462. The summed E-state index contributed by atoms with van der Waals surface area (Å²) >= 11 is 1.53. The van der Waals surface area contributed by atoms with E-state index in [0.29, 0.717) is 18.0 Å². The fourth-order valence-corrected chi connectivity index (χ4v) is 3.89. The Bertz CT molecular complexity index is 677. The number of aryl methyl sites for hydroxylation is 1. The van der Waals surface area contributed by atoms with Gasteiger partial charge in [-0.1, -0.05) is 6.92 Å². The highest BCUT2D eigenvalue weighted by atomic mass is 32.2. The predicted molar refractivity (Wildman–Crippen MR) is 83.9 cm³/mol. The molecule has 2 N–H and O–H groups in total. The Morgan fingerprint density at radius 3 is 2.86 bits per heavy atom. The lowest BCUT2D eigenvalue weighted by molar-refractivity contribution is 0.574. The van der Waals surface area contributed by atoms with Crippen LogP contribution in [0, 0.1) is 0 Å². The third kappa shape index (κ3) is 3.91. The second kappa shape index (κ2) is 6.69. The Hall–Kier alpha value is -1.22. The standard InChI is InChI=1S/C13H20N4O2S2/c1-10(13-15-4-5-20-13)7-16-21(18,19)12-6-11(8-14-2)17(3)9-12/h4-6,9-10,14,16H,7-8H2,1-3H3. The van der Waals surface area contributed by atoms with Crippen molar-refractivity contribution in [2.45, 2.75) is 24.3 Å². The maximum atomic E-state index is 12.3. The van der Waals surface area contributed by atoms with Crippen LogP contribution in [0.4, 0.5) is 0 Å². The Kier molecular flexibility index (Phi) is 5.15. The Morgan fingerprint density at radius 2 is 2.24 bits per heavy atom. The minimum atomic E-state index is -3.49. The van der Waals surface area contributed by atoms with Crippen molar-refractivity contribution in [2.75, 3.05) is 13.6 Å². The predicted octanol–water partition coefficient (Wildman–Crippen LogP) is 1.28. The van der Waals surface area contributed by atoms with Crippen LogP contribution in [-0.4, -0.2) is 31.6 Å². The van der Waals surface area contributed by atoms with Crippen molar-refractivity contribution in [3.05, 3.63) is 34.5 Å². The number of thiazole rings is 1. The van der Waals surface area contributed by atoms with Gasteiger partial charge in [0.1, 0.15) is 0 Å². The number of hydrogen-bond acceptors (Lipinski definition) is 5. The van der Waals surface area contributed by atoms with Gasteiger partial charge in [-0.25, -0.2) is 18.1 Å². The summed E-state index contributed by atoms with van der Waals surface area (Å²) in [5.41, 5.74) is 0.922. The maximum absolute atomic E-state index is 12.3. The molecule has 0 radical (unpaired) electrons. The first-order valence-electron chi connectivity index (χ1n) is 6.63. The smallest absolute Gasteiger partial charge is 0.242 e. The summed E-state index contributed by atoms with van der Waals surface area (Å²) in [6, 6.07) is 1.69. The lowest BCUT2D eigenvalue weighted by atomic mass is 10.2. The monoisotopic (exact) mass is 328 g/mol. The molecule has 0 amide bonds. The average Bonchev–Trinajstić information content (AvgIpc) is 3.07. The molecular weight excluding hydrogens is 308 g/mol. The molecule has 8 heteroatoms. The van der Waals surface area contributed by atoms with Gasteiger partial charge in [0.2, 0.25) is 10.0 Å². The van der Waals surface area contributed by atoms with Gasteiger partial charge >= 0.3 is 0 Å². The summed E-state index contributed by atoms with van der Waals surface area (Å²) in [6.45, 7) is 2.92. The van der Waals surface area contributed by atoms with E-state index in [-0.39, 0.29) is 5.92 Å². The van der Waals surface area contributed by atoms with E-state index in [0.717, 1.165) is 10.7 Å². The molecule has 0 saturated carbocycles. The van der Waals surface area contributed by atoms with E-state index in [1.54, 1.807) is 18.5 Å². The van der Waals surface area contributed by atoms with Crippen molar-refractivity contribution >= 4 is 21.4 Å². The molecule has 1 atom stereocenters. The van der Waals surface area contributed by atoms with Crippen LogP contribution in [0.2, 0.25) is 0 Å². The van der Waals surface area contributed by atoms with Crippen LogP contribution in [0.1, 0.15) is 23.5 Å². The van der Waals surface area contributed by atoms with Crippen LogP contribution in [0.15, 0.2) is 28.7 Å². The van der Waals surface area contributed by atoms with Crippen LogP contribution in [0.3, 0.4) is 0 Å². The molecule has 0 fully saturated rings. The summed E-state index contributed by atoms with van der Waals surface area (Å²) in [6.07, 6.45) is 3.36. The molecule has 21 heavy (non-hydrogen) atoms. The van der Waals surface area contributed by atoms with Crippen molar-refractivity contribution in [1.29, 1.82) is 0 Å². The van der Waals surface area contributed by atoms with Gasteiger partial charge in [-0.2, -0.15) is 0 Å². The molecule has 0 aliphatic heterocycles. The molecule has 6 nitrogen and oxygen atoms in total. The first kappa shape index (κ1) is 16.2. The molecule has 0 aromatic carbocycles.